The van der Waals surface area contributed by atoms with Gasteiger partial charge < -0.3 is 0 Å². The third kappa shape index (κ3) is 2.11. The molecule has 0 aliphatic rings. The van der Waals surface area contributed by atoms with Gasteiger partial charge in [0.15, 0.2) is 10.8 Å². The van der Waals surface area contributed by atoms with Crippen molar-refractivity contribution in [2.75, 3.05) is 0 Å². The quantitative estimate of drug-likeness (QED) is 0.734. The Morgan fingerprint density at radius 3 is 2.65 bits per heavy atom. The zero-order valence-electron chi connectivity index (χ0n) is 8.15. The van der Waals surface area contributed by atoms with E-state index in [-0.39, 0.29) is 11.4 Å². The second-order valence-corrected chi connectivity index (χ2v) is 5.37. The van der Waals surface area contributed by atoms with Gasteiger partial charge in [0.1, 0.15) is 11.6 Å². The molecule has 0 saturated heterocycles. The fourth-order valence-electron chi connectivity index (χ4n) is 1.21. The van der Waals surface area contributed by atoms with Gasteiger partial charge in [0.2, 0.25) is 0 Å². The van der Waals surface area contributed by atoms with Gasteiger partial charge in [0.25, 0.3) is 9.05 Å². The number of nitriles is 1. The number of aromatic nitrogens is 4. The Bertz CT molecular complexity index is 688. The monoisotopic (exact) mass is 269 g/mol. The summed E-state index contributed by atoms with van der Waals surface area (Å²) in [6, 6.07) is 1.70. The Morgan fingerprint density at radius 2 is 2.12 bits per heavy atom. The lowest BCUT2D eigenvalue weighted by atomic mass is 10.4. The highest BCUT2D eigenvalue weighted by molar-refractivity contribution is 8.13. The lowest BCUT2D eigenvalue weighted by Crippen LogP contribution is -2.07. The van der Waals surface area contributed by atoms with Crippen molar-refractivity contribution in [3.8, 4) is 11.9 Å². The van der Waals surface area contributed by atoms with Crippen molar-refractivity contribution in [2.45, 2.75) is 5.03 Å². The molecule has 0 bridgehead atoms. The van der Waals surface area contributed by atoms with Crippen LogP contribution in [-0.4, -0.2) is 28.2 Å². The zero-order valence-corrected chi connectivity index (χ0v) is 9.72. The standard InChI is InChI=1S/C8H4ClN5O2S/c9-17(15,16)8-6(3-10)4-13-14(8)7-5-11-1-2-12-7/h1-2,4-5H. The molecule has 0 unspecified atom stereocenters. The molecule has 7 nitrogen and oxygen atoms in total. The molecule has 0 amide bonds. The average molecular weight is 270 g/mol. The van der Waals surface area contributed by atoms with E-state index in [1.165, 1.54) is 18.6 Å². The maximum Gasteiger partial charge on any atom is 0.280 e. The van der Waals surface area contributed by atoms with Crippen molar-refractivity contribution < 1.29 is 8.42 Å². The number of hydrogen-bond donors (Lipinski definition) is 0. The summed E-state index contributed by atoms with van der Waals surface area (Å²) < 4.78 is 23.7. The fourth-order valence-corrected chi connectivity index (χ4v) is 2.37. The van der Waals surface area contributed by atoms with Gasteiger partial charge in [-0.2, -0.15) is 15.0 Å². The SMILES string of the molecule is N#Cc1cnn(-c2cnccn2)c1S(=O)(=O)Cl. The van der Waals surface area contributed by atoms with Gasteiger partial charge in [-0.05, 0) is 0 Å². The fraction of sp³-hybridized carbons (Fsp3) is 0. The normalized spacial score (nSPS) is 11.1. The largest absolute Gasteiger partial charge is 0.280 e. The molecule has 2 rings (SSSR count). The Kier molecular flexibility index (Phi) is 2.79. The highest BCUT2D eigenvalue weighted by atomic mass is 35.7. The Morgan fingerprint density at radius 1 is 1.35 bits per heavy atom. The summed E-state index contributed by atoms with van der Waals surface area (Å²) in [4.78, 5) is 7.65. The van der Waals surface area contributed by atoms with Crippen LogP contribution in [0.1, 0.15) is 5.56 Å². The number of nitrogens with zero attached hydrogens (tertiary/aromatic N) is 5. The van der Waals surface area contributed by atoms with Gasteiger partial charge in [-0.25, -0.2) is 13.4 Å². The highest BCUT2D eigenvalue weighted by Gasteiger charge is 2.24. The molecule has 17 heavy (non-hydrogen) atoms. The summed E-state index contributed by atoms with van der Waals surface area (Å²) in [5.41, 5.74) is -0.148. The van der Waals surface area contributed by atoms with Crippen LogP contribution in [0.15, 0.2) is 29.8 Å². The van der Waals surface area contributed by atoms with Gasteiger partial charge >= 0.3 is 0 Å². The Labute approximate surface area is 101 Å². The number of rotatable bonds is 2. The van der Waals surface area contributed by atoms with Crippen molar-refractivity contribution in [3.63, 3.8) is 0 Å². The predicted octanol–water partition coefficient (Wildman–Crippen LogP) is 0.461. The molecule has 9 heteroatoms. The van der Waals surface area contributed by atoms with E-state index in [4.69, 9.17) is 15.9 Å². The van der Waals surface area contributed by atoms with E-state index in [9.17, 15) is 8.42 Å². The van der Waals surface area contributed by atoms with E-state index in [1.807, 2.05) is 0 Å². The summed E-state index contributed by atoms with van der Waals surface area (Å²) in [5.74, 6) is 0.160. The molecule has 0 radical (unpaired) electrons. The van der Waals surface area contributed by atoms with Crippen LogP contribution in [0.3, 0.4) is 0 Å². The van der Waals surface area contributed by atoms with Crippen LogP contribution in [0.25, 0.3) is 5.82 Å². The summed E-state index contributed by atoms with van der Waals surface area (Å²) >= 11 is 0. The number of halogens is 1. The summed E-state index contributed by atoms with van der Waals surface area (Å²) in [6.07, 6.45) is 5.20. The number of hydrogen-bond acceptors (Lipinski definition) is 6. The molecule has 2 aromatic rings. The minimum atomic E-state index is -4.10. The van der Waals surface area contributed by atoms with Crippen molar-refractivity contribution in [2.24, 2.45) is 0 Å². The smallest absolute Gasteiger partial charge is 0.259 e. The summed E-state index contributed by atoms with van der Waals surface area (Å²) in [7, 11) is 1.15. The summed E-state index contributed by atoms with van der Waals surface area (Å²) in [6.45, 7) is 0. The second-order valence-electron chi connectivity index (χ2n) is 2.89. The first-order chi connectivity index (χ1) is 8.04. The topological polar surface area (TPSA) is 102 Å². The molecular formula is C8H4ClN5O2S. The van der Waals surface area contributed by atoms with Gasteiger partial charge in [0, 0.05) is 23.1 Å². The molecule has 86 valence electrons. The van der Waals surface area contributed by atoms with Crippen LogP contribution in [0.5, 0.6) is 0 Å². The van der Waals surface area contributed by atoms with Crippen LogP contribution in [0, 0.1) is 11.3 Å². The zero-order chi connectivity index (χ0) is 12.5. The van der Waals surface area contributed by atoms with E-state index < -0.39 is 14.1 Å². The molecule has 2 heterocycles. The third-order valence-corrected chi connectivity index (χ3v) is 3.14. The van der Waals surface area contributed by atoms with Crippen molar-refractivity contribution in [1.29, 1.82) is 5.26 Å². The predicted molar refractivity (Wildman–Crippen MR) is 56.9 cm³/mol. The molecule has 0 N–H and O–H groups in total. The van der Waals surface area contributed by atoms with Gasteiger partial charge in [-0.1, -0.05) is 0 Å². The maximum atomic E-state index is 11.4. The molecule has 0 aliphatic carbocycles. The van der Waals surface area contributed by atoms with Gasteiger partial charge in [-0.15, -0.1) is 0 Å². The molecule has 0 spiro atoms. The van der Waals surface area contributed by atoms with Gasteiger partial charge in [0.05, 0.1) is 12.4 Å². The lowest BCUT2D eigenvalue weighted by molar-refractivity contribution is 0.598. The van der Waals surface area contributed by atoms with E-state index in [0.717, 1.165) is 10.9 Å². The van der Waals surface area contributed by atoms with Crippen LogP contribution < -0.4 is 0 Å². The van der Waals surface area contributed by atoms with Crippen LogP contribution in [0.4, 0.5) is 0 Å². The third-order valence-electron chi connectivity index (χ3n) is 1.84. The minimum Gasteiger partial charge on any atom is -0.259 e. The van der Waals surface area contributed by atoms with E-state index in [0.29, 0.717) is 0 Å². The van der Waals surface area contributed by atoms with E-state index in [1.54, 1.807) is 6.07 Å². The van der Waals surface area contributed by atoms with Crippen LogP contribution >= 0.6 is 10.7 Å². The van der Waals surface area contributed by atoms with Gasteiger partial charge in [-0.3, -0.25) is 4.98 Å². The van der Waals surface area contributed by atoms with E-state index in [2.05, 4.69) is 15.1 Å². The molecule has 0 aliphatic heterocycles. The molecule has 2 aromatic heterocycles. The van der Waals surface area contributed by atoms with Crippen molar-refractivity contribution >= 4 is 19.7 Å². The van der Waals surface area contributed by atoms with Crippen LogP contribution in [-0.2, 0) is 9.05 Å². The molecule has 0 atom stereocenters. The minimum absolute atomic E-state index is 0.148. The van der Waals surface area contributed by atoms with Crippen molar-refractivity contribution in [1.82, 2.24) is 19.7 Å². The molecular weight excluding hydrogens is 266 g/mol. The highest BCUT2D eigenvalue weighted by Crippen LogP contribution is 2.21. The molecule has 0 fully saturated rings. The average Bonchev–Trinajstić information content (AvgIpc) is 2.73. The van der Waals surface area contributed by atoms with Crippen molar-refractivity contribution in [3.05, 3.63) is 30.4 Å². The first-order valence-electron chi connectivity index (χ1n) is 4.23. The van der Waals surface area contributed by atoms with Crippen LogP contribution in [0.2, 0.25) is 0 Å². The van der Waals surface area contributed by atoms with E-state index >= 15 is 0 Å². The first-order valence-corrected chi connectivity index (χ1v) is 6.54. The maximum absolute atomic E-state index is 11.4. The first kappa shape index (κ1) is 11.5. The lowest BCUT2D eigenvalue weighted by Gasteiger charge is -2.02. The Balaban J connectivity index is 2.74. The molecule has 0 aromatic carbocycles. The molecule has 0 saturated carbocycles. The Hall–Kier alpha value is -1.98. The second kappa shape index (κ2) is 4.12. The summed E-state index contributed by atoms with van der Waals surface area (Å²) in [5, 5.41) is 12.1.